The van der Waals surface area contributed by atoms with Crippen LogP contribution >= 0.6 is 22.6 Å². The Morgan fingerprint density at radius 2 is 1.83 bits per heavy atom. The second kappa shape index (κ2) is 6.76. The van der Waals surface area contributed by atoms with Gasteiger partial charge in [-0.25, -0.2) is 4.68 Å². The van der Waals surface area contributed by atoms with Crippen LogP contribution in [0, 0.1) is 24.3 Å². The lowest BCUT2D eigenvalue weighted by atomic mass is 10.1. The van der Waals surface area contributed by atoms with Crippen molar-refractivity contribution in [3.8, 4) is 5.69 Å². The average molecular weight is 431 g/mol. The summed E-state index contributed by atoms with van der Waals surface area (Å²) in [7, 11) is 0. The summed E-state index contributed by atoms with van der Waals surface area (Å²) < 4.78 is 2.62. The number of hydrogen-bond acceptors (Lipinski definition) is 2. The van der Waals surface area contributed by atoms with Crippen LogP contribution in [0.5, 0.6) is 0 Å². The molecule has 0 saturated carbocycles. The summed E-state index contributed by atoms with van der Waals surface area (Å²) in [5.74, 6) is 0. The van der Waals surface area contributed by atoms with Crippen LogP contribution in [0.1, 0.15) is 22.4 Å². The molecule has 0 spiro atoms. The molecule has 24 heavy (non-hydrogen) atoms. The first-order valence-electron chi connectivity index (χ1n) is 7.65. The highest BCUT2D eigenvalue weighted by Crippen LogP contribution is 2.20. The van der Waals surface area contributed by atoms with Gasteiger partial charge in [0, 0.05) is 15.5 Å². The number of rotatable bonds is 3. The minimum Gasteiger partial charge on any atom is -0.295 e. The van der Waals surface area contributed by atoms with Crippen LogP contribution in [0.25, 0.3) is 5.69 Å². The smallest absolute Gasteiger partial charge is 0.280 e. The maximum absolute atomic E-state index is 12.7. The molecule has 1 aromatic heterocycles. The van der Waals surface area contributed by atoms with Gasteiger partial charge in [-0.2, -0.15) is 0 Å². The Balaban J connectivity index is 2.02. The fourth-order valence-electron chi connectivity index (χ4n) is 2.45. The largest absolute Gasteiger partial charge is 0.295 e. The minimum absolute atomic E-state index is 0.0922. The highest BCUT2D eigenvalue weighted by atomic mass is 127. The van der Waals surface area contributed by atoms with Crippen molar-refractivity contribution in [3.05, 3.63) is 78.8 Å². The van der Waals surface area contributed by atoms with Gasteiger partial charge in [0.1, 0.15) is 0 Å². The molecule has 4 nitrogen and oxygen atoms in total. The van der Waals surface area contributed by atoms with Crippen LogP contribution in [-0.4, -0.2) is 16.0 Å². The van der Waals surface area contributed by atoms with Crippen LogP contribution in [0.2, 0.25) is 0 Å². The first kappa shape index (κ1) is 16.7. The van der Waals surface area contributed by atoms with E-state index in [1.54, 1.807) is 10.9 Å². The quantitative estimate of drug-likeness (QED) is 0.484. The monoisotopic (exact) mass is 431 g/mol. The Bertz CT molecular complexity index is 983. The van der Waals surface area contributed by atoms with Gasteiger partial charge in [-0.05, 0) is 78.8 Å². The zero-order valence-corrected chi connectivity index (χ0v) is 16.0. The normalized spacial score (nSPS) is 11.3. The molecular weight excluding hydrogens is 413 g/mol. The third-order valence-corrected chi connectivity index (χ3v) is 4.96. The number of aliphatic imine (C=N–C) groups is 1. The fraction of sp³-hybridized carbons (Fsp3) is 0.158. The lowest BCUT2D eigenvalue weighted by molar-refractivity contribution is 0.833. The van der Waals surface area contributed by atoms with Gasteiger partial charge in [-0.1, -0.05) is 18.2 Å². The van der Waals surface area contributed by atoms with E-state index in [-0.39, 0.29) is 5.56 Å². The van der Waals surface area contributed by atoms with Crippen molar-refractivity contribution >= 4 is 34.5 Å². The molecule has 0 amide bonds. The first-order valence-corrected chi connectivity index (χ1v) is 8.73. The molecule has 0 bridgehead atoms. The topological polar surface area (TPSA) is 50.1 Å². The predicted molar refractivity (Wildman–Crippen MR) is 107 cm³/mol. The summed E-state index contributed by atoms with van der Waals surface area (Å²) in [5.41, 5.74) is 5.33. The number of aromatic nitrogens is 2. The summed E-state index contributed by atoms with van der Waals surface area (Å²) >= 11 is 2.24. The summed E-state index contributed by atoms with van der Waals surface area (Å²) in [6.07, 6.45) is 1.64. The molecule has 1 heterocycles. The molecule has 122 valence electrons. The molecule has 0 saturated heterocycles. The van der Waals surface area contributed by atoms with Gasteiger partial charge in [-0.15, -0.1) is 0 Å². The van der Waals surface area contributed by atoms with E-state index >= 15 is 0 Å². The SMILES string of the molecule is Cc1ccc(-n2[nH]c(C)c(C=Nc3ccccc3I)c2=O)cc1C. The number of para-hydroxylation sites is 1. The number of benzene rings is 2. The van der Waals surface area contributed by atoms with Crippen molar-refractivity contribution < 1.29 is 0 Å². The Morgan fingerprint density at radius 1 is 1.08 bits per heavy atom. The second-order valence-electron chi connectivity index (χ2n) is 5.77. The van der Waals surface area contributed by atoms with Crippen molar-refractivity contribution in [1.82, 2.24) is 9.78 Å². The second-order valence-corrected chi connectivity index (χ2v) is 6.93. The van der Waals surface area contributed by atoms with Gasteiger partial charge in [0.15, 0.2) is 0 Å². The fourth-order valence-corrected chi connectivity index (χ4v) is 2.98. The Morgan fingerprint density at radius 3 is 2.54 bits per heavy atom. The molecule has 5 heteroatoms. The van der Waals surface area contributed by atoms with Gasteiger partial charge in [-0.3, -0.25) is 14.9 Å². The van der Waals surface area contributed by atoms with E-state index in [0.717, 1.165) is 26.2 Å². The van der Waals surface area contributed by atoms with Gasteiger partial charge >= 0.3 is 0 Å². The van der Waals surface area contributed by atoms with Crippen LogP contribution in [-0.2, 0) is 0 Å². The molecule has 0 aliphatic rings. The molecule has 3 rings (SSSR count). The van der Waals surface area contributed by atoms with Crippen LogP contribution < -0.4 is 5.56 Å². The lowest BCUT2D eigenvalue weighted by Crippen LogP contribution is -2.17. The van der Waals surface area contributed by atoms with Crippen LogP contribution in [0.15, 0.2) is 52.3 Å². The molecule has 0 unspecified atom stereocenters. The Kier molecular flexibility index (Phi) is 4.71. The van der Waals surface area contributed by atoms with Gasteiger partial charge in [0.25, 0.3) is 5.56 Å². The number of nitrogens with zero attached hydrogens (tertiary/aromatic N) is 2. The number of H-pyrrole nitrogens is 1. The van der Waals surface area contributed by atoms with Gasteiger partial charge in [0.05, 0.1) is 16.9 Å². The highest BCUT2D eigenvalue weighted by molar-refractivity contribution is 14.1. The highest BCUT2D eigenvalue weighted by Gasteiger charge is 2.11. The maximum atomic E-state index is 12.7. The predicted octanol–water partition coefficient (Wildman–Crippen LogP) is 4.45. The molecular formula is C19H18IN3O. The number of hydrogen-bond donors (Lipinski definition) is 1. The molecule has 0 radical (unpaired) electrons. The summed E-state index contributed by atoms with van der Waals surface area (Å²) in [5, 5.41) is 3.14. The first-order chi connectivity index (χ1) is 11.5. The Labute approximate surface area is 154 Å². The van der Waals surface area contributed by atoms with Gasteiger partial charge < -0.3 is 0 Å². The van der Waals surface area contributed by atoms with E-state index in [1.807, 2.05) is 56.3 Å². The number of halogens is 1. The Hall–Kier alpha value is -2.15. The number of aryl methyl sites for hydroxylation is 3. The number of nitrogens with one attached hydrogen (secondary N) is 1. The molecule has 3 aromatic rings. The van der Waals surface area contributed by atoms with E-state index < -0.39 is 0 Å². The van der Waals surface area contributed by atoms with Crippen molar-refractivity contribution in [3.63, 3.8) is 0 Å². The van der Waals surface area contributed by atoms with Crippen LogP contribution in [0.4, 0.5) is 5.69 Å². The third kappa shape index (κ3) is 3.21. The van der Waals surface area contributed by atoms with E-state index in [1.165, 1.54) is 5.56 Å². The van der Waals surface area contributed by atoms with E-state index in [0.29, 0.717) is 5.56 Å². The van der Waals surface area contributed by atoms with Crippen molar-refractivity contribution in [1.29, 1.82) is 0 Å². The van der Waals surface area contributed by atoms with Crippen molar-refractivity contribution in [2.45, 2.75) is 20.8 Å². The van der Waals surface area contributed by atoms with Crippen LogP contribution in [0.3, 0.4) is 0 Å². The molecule has 0 aliphatic heterocycles. The zero-order valence-electron chi connectivity index (χ0n) is 13.8. The minimum atomic E-state index is -0.0922. The molecule has 2 aromatic carbocycles. The summed E-state index contributed by atoms with van der Waals surface area (Å²) in [4.78, 5) is 17.2. The summed E-state index contributed by atoms with van der Waals surface area (Å²) in [6, 6.07) is 13.8. The molecule has 0 fully saturated rings. The van der Waals surface area contributed by atoms with E-state index in [2.05, 4.69) is 39.6 Å². The summed E-state index contributed by atoms with van der Waals surface area (Å²) in [6.45, 7) is 5.98. The third-order valence-electron chi connectivity index (χ3n) is 4.05. The molecule has 1 N–H and O–H groups in total. The molecule has 0 aliphatic carbocycles. The number of aromatic amines is 1. The maximum Gasteiger partial charge on any atom is 0.280 e. The average Bonchev–Trinajstić information content (AvgIpc) is 2.84. The standard InChI is InChI=1S/C19H18IN3O/c1-12-8-9-15(10-13(12)2)23-19(24)16(14(3)22-23)11-21-18-7-5-4-6-17(18)20/h4-11,22H,1-3H3. The molecule has 0 atom stereocenters. The van der Waals surface area contributed by atoms with E-state index in [4.69, 9.17) is 0 Å². The van der Waals surface area contributed by atoms with Crippen molar-refractivity contribution in [2.75, 3.05) is 0 Å². The van der Waals surface area contributed by atoms with Gasteiger partial charge in [0.2, 0.25) is 0 Å². The lowest BCUT2D eigenvalue weighted by Gasteiger charge is -2.05. The van der Waals surface area contributed by atoms with E-state index in [9.17, 15) is 4.79 Å². The zero-order chi connectivity index (χ0) is 17.3. The van der Waals surface area contributed by atoms with Crippen molar-refractivity contribution in [2.24, 2.45) is 4.99 Å².